The van der Waals surface area contributed by atoms with Crippen molar-refractivity contribution in [3.8, 4) is 11.5 Å². The molecule has 1 aromatic carbocycles. The van der Waals surface area contributed by atoms with E-state index in [1.807, 2.05) is 6.07 Å². The predicted molar refractivity (Wildman–Crippen MR) is 78.2 cm³/mol. The molecule has 2 N–H and O–H groups in total. The molecular weight excluding hydrogens is 262 g/mol. The molecule has 19 heavy (non-hydrogen) atoms. The normalized spacial score (nSPS) is 20.5. The van der Waals surface area contributed by atoms with Crippen molar-refractivity contribution in [2.24, 2.45) is 11.7 Å². The summed E-state index contributed by atoms with van der Waals surface area (Å²) in [6, 6.07) is 6.29. The molecule has 0 bridgehead atoms. The van der Waals surface area contributed by atoms with Crippen molar-refractivity contribution in [2.75, 3.05) is 13.2 Å². The lowest BCUT2D eigenvalue weighted by Crippen LogP contribution is -2.24. The summed E-state index contributed by atoms with van der Waals surface area (Å²) in [5, 5.41) is 0. The Morgan fingerprint density at radius 2 is 1.68 bits per heavy atom. The van der Waals surface area contributed by atoms with Gasteiger partial charge in [0.2, 0.25) is 0 Å². The number of fused-ring (bicyclic) bond motifs is 1. The maximum Gasteiger partial charge on any atom is 0.161 e. The average molecular weight is 284 g/mol. The minimum absolute atomic E-state index is 0. The number of hydrogen-bond acceptors (Lipinski definition) is 3. The van der Waals surface area contributed by atoms with Gasteiger partial charge in [-0.05, 0) is 36.5 Å². The summed E-state index contributed by atoms with van der Waals surface area (Å²) >= 11 is 0. The van der Waals surface area contributed by atoms with E-state index in [1.54, 1.807) is 0 Å². The van der Waals surface area contributed by atoms with Gasteiger partial charge in [-0.15, -0.1) is 12.4 Å². The Labute approximate surface area is 120 Å². The Balaban J connectivity index is 0.00000133. The second-order valence-corrected chi connectivity index (χ2v) is 5.33. The van der Waals surface area contributed by atoms with E-state index in [9.17, 15) is 0 Å². The predicted octanol–water partition coefficient (Wildman–Crippen LogP) is 3.46. The molecule has 3 nitrogen and oxygen atoms in total. The molecule has 0 saturated heterocycles. The molecule has 1 aliphatic heterocycles. The molecule has 2 aliphatic rings. The van der Waals surface area contributed by atoms with Gasteiger partial charge in [-0.3, -0.25) is 0 Å². The molecule has 1 fully saturated rings. The average Bonchev–Trinajstić information content (AvgIpc) is 2.47. The van der Waals surface area contributed by atoms with Crippen LogP contribution in [-0.2, 0) is 0 Å². The van der Waals surface area contributed by atoms with Crippen LogP contribution in [0.5, 0.6) is 11.5 Å². The Morgan fingerprint density at radius 3 is 2.42 bits per heavy atom. The zero-order valence-electron chi connectivity index (χ0n) is 11.1. The van der Waals surface area contributed by atoms with Crippen LogP contribution in [0.4, 0.5) is 0 Å². The molecule has 0 unspecified atom stereocenters. The van der Waals surface area contributed by atoms with Crippen LogP contribution < -0.4 is 15.2 Å². The number of rotatable bonds is 2. The van der Waals surface area contributed by atoms with Crippen LogP contribution in [0.2, 0.25) is 0 Å². The topological polar surface area (TPSA) is 44.5 Å². The molecular formula is C15H22ClNO2. The molecule has 1 aromatic rings. The van der Waals surface area contributed by atoms with Crippen molar-refractivity contribution in [3.63, 3.8) is 0 Å². The quantitative estimate of drug-likeness (QED) is 0.904. The van der Waals surface area contributed by atoms with Gasteiger partial charge in [-0.25, -0.2) is 0 Å². The van der Waals surface area contributed by atoms with E-state index in [4.69, 9.17) is 15.2 Å². The van der Waals surface area contributed by atoms with Gasteiger partial charge in [0.1, 0.15) is 13.2 Å². The van der Waals surface area contributed by atoms with Crippen molar-refractivity contribution in [1.29, 1.82) is 0 Å². The first-order valence-corrected chi connectivity index (χ1v) is 7.00. The highest BCUT2D eigenvalue weighted by atomic mass is 35.5. The highest BCUT2D eigenvalue weighted by Gasteiger charge is 2.23. The van der Waals surface area contributed by atoms with E-state index in [2.05, 4.69) is 12.1 Å². The number of hydrogen-bond donors (Lipinski definition) is 1. The van der Waals surface area contributed by atoms with Gasteiger partial charge in [-0.1, -0.05) is 25.3 Å². The minimum Gasteiger partial charge on any atom is -0.486 e. The lowest BCUT2D eigenvalue weighted by atomic mass is 9.81. The molecule has 0 spiro atoms. The number of nitrogens with two attached hydrogens (primary N) is 1. The summed E-state index contributed by atoms with van der Waals surface area (Å²) in [5.74, 6) is 2.33. The van der Waals surface area contributed by atoms with Gasteiger partial charge in [0.25, 0.3) is 0 Å². The first-order chi connectivity index (χ1) is 8.84. The Bertz CT molecular complexity index is 419. The van der Waals surface area contributed by atoms with Crippen molar-refractivity contribution >= 4 is 12.4 Å². The number of benzene rings is 1. The fourth-order valence-electron chi connectivity index (χ4n) is 3.03. The largest absolute Gasteiger partial charge is 0.486 e. The van der Waals surface area contributed by atoms with Gasteiger partial charge in [0.05, 0.1) is 0 Å². The van der Waals surface area contributed by atoms with E-state index < -0.39 is 0 Å². The highest BCUT2D eigenvalue weighted by molar-refractivity contribution is 5.85. The van der Waals surface area contributed by atoms with E-state index in [0.29, 0.717) is 19.1 Å². The first-order valence-electron chi connectivity index (χ1n) is 7.00. The third kappa shape index (κ3) is 3.15. The van der Waals surface area contributed by atoms with E-state index in [-0.39, 0.29) is 18.4 Å². The highest BCUT2D eigenvalue weighted by Crippen LogP contribution is 2.37. The lowest BCUT2D eigenvalue weighted by Gasteiger charge is -2.28. The lowest BCUT2D eigenvalue weighted by molar-refractivity contribution is 0.171. The third-order valence-corrected chi connectivity index (χ3v) is 4.11. The van der Waals surface area contributed by atoms with E-state index in [1.165, 1.54) is 37.7 Å². The molecule has 0 amide bonds. The van der Waals surface area contributed by atoms with Crippen molar-refractivity contribution in [1.82, 2.24) is 0 Å². The monoisotopic (exact) mass is 283 g/mol. The summed E-state index contributed by atoms with van der Waals surface area (Å²) in [7, 11) is 0. The SMILES string of the molecule is Cl.N[C@@H](c1ccc2c(c1)OCCO2)C1CCCCC1. The van der Waals surface area contributed by atoms with Gasteiger partial charge in [0.15, 0.2) is 11.5 Å². The van der Waals surface area contributed by atoms with Crippen LogP contribution in [-0.4, -0.2) is 13.2 Å². The summed E-state index contributed by atoms with van der Waals surface area (Å²) in [5.41, 5.74) is 7.59. The van der Waals surface area contributed by atoms with Crippen LogP contribution in [0.25, 0.3) is 0 Å². The van der Waals surface area contributed by atoms with Crippen LogP contribution >= 0.6 is 12.4 Å². The van der Waals surface area contributed by atoms with Gasteiger partial charge < -0.3 is 15.2 Å². The third-order valence-electron chi connectivity index (χ3n) is 4.11. The molecule has 4 heteroatoms. The molecule has 1 heterocycles. The van der Waals surface area contributed by atoms with Crippen LogP contribution in [0.15, 0.2) is 18.2 Å². The van der Waals surface area contributed by atoms with Crippen molar-refractivity contribution in [3.05, 3.63) is 23.8 Å². The Kier molecular flexibility index (Phi) is 4.94. The summed E-state index contributed by atoms with van der Waals surface area (Å²) in [4.78, 5) is 0. The molecule has 1 saturated carbocycles. The number of ether oxygens (including phenoxy) is 2. The van der Waals surface area contributed by atoms with Crippen LogP contribution in [0, 0.1) is 5.92 Å². The first kappa shape index (κ1) is 14.5. The molecule has 1 aliphatic carbocycles. The van der Waals surface area contributed by atoms with Gasteiger partial charge >= 0.3 is 0 Å². The smallest absolute Gasteiger partial charge is 0.161 e. The van der Waals surface area contributed by atoms with Crippen molar-refractivity contribution < 1.29 is 9.47 Å². The van der Waals surface area contributed by atoms with Crippen LogP contribution in [0.1, 0.15) is 43.7 Å². The maximum absolute atomic E-state index is 6.41. The summed E-state index contributed by atoms with van der Waals surface area (Å²) in [6.07, 6.45) is 6.53. The summed E-state index contributed by atoms with van der Waals surface area (Å²) in [6.45, 7) is 1.27. The maximum atomic E-state index is 6.41. The van der Waals surface area contributed by atoms with Gasteiger partial charge in [-0.2, -0.15) is 0 Å². The molecule has 0 aromatic heterocycles. The Hall–Kier alpha value is -0.930. The molecule has 0 radical (unpaired) electrons. The molecule has 3 rings (SSSR count). The fraction of sp³-hybridized carbons (Fsp3) is 0.600. The minimum atomic E-state index is 0. The second-order valence-electron chi connectivity index (χ2n) is 5.33. The fourth-order valence-corrected chi connectivity index (χ4v) is 3.03. The molecule has 1 atom stereocenters. The standard InChI is InChI=1S/C15H21NO2.ClH/c16-15(11-4-2-1-3-5-11)12-6-7-13-14(10-12)18-9-8-17-13;/h6-7,10-11,15H,1-5,8-9,16H2;1H/t15-;/m1./s1. The van der Waals surface area contributed by atoms with Gasteiger partial charge in [0, 0.05) is 6.04 Å². The zero-order chi connectivity index (χ0) is 12.4. The number of halogens is 1. The second kappa shape index (κ2) is 6.49. The summed E-state index contributed by atoms with van der Waals surface area (Å²) < 4.78 is 11.2. The zero-order valence-corrected chi connectivity index (χ0v) is 12.0. The van der Waals surface area contributed by atoms with Crippen LogP contribution in [0.3, 0.4) is 0 Å². The Morgan fingerprint density at radius 1 is 1.00 bits per heavy atom. The van der Waals surface area contributed by atoms with E-state index >= 15 is 0 Å². The van der Waals surface area contributed by atoms with Crippen molar-refractivity contribution in [2.45, 2.75) is 38.1 Å². The van der Waals surface area contributed by atoms with E-state index in [0.717, 1.165) is 11.5 Å². The molecule has 106 valence electrons.